The maximum atomic E-state index is 13.5. The van der Waals surface area contributed by atoms with Gasteiger partial charge in [0.25, 0.3) is 5.91 Å². The molecule has 4 aromatic rings. The van der Waals surface area contributed by atoms with E-state index in [9.17, 15) is 45.4 Å². The molecule has 0 radical (unpaired) electrons. The van der Waals surface area contributed by atoms with Gasteiger partial charge in [0.2, 0.25) is 16.2 Å². The summed E-state index contributed by atoms with van der Waals surface area (Å²) in [5.41, 5.74) is 6.98. The largest absolute Gasteiger partial charge is 0.744 e. The third kappa shape index (κ3) is 10.6. The normalized spacial score (nSPS) is 12.2. The molecular weight excluding hydrogens is 887 g/mol. The Morgan fingerprint density at radius 1 is 0.848 bits per heavy atom. The molecule has 1 aliphatic carbocycles. The molecule has 7 N–H and O–H groups in total. The fraction of sp³-hybridized carbons (Fsp3) is 0.250. The first kappa shape index (κ1) is 48.6. The van der Waals surface area contributed by atoms with Gasteiger partial charge in [0.1, 0.15) is 15.0 Å². The molecule has 2 amide bonds. The summed E-state index contributed by atoms with van der Waals surface area (Å²) in [6.07, 6.45) is 1.89. The number of carbonyl (C=O) groups excluding carboxylic acids is 2. The van der Waals surface area contributed by atoms with Crippen LogP contribution in [0.1, 0.15) is 83.9 Å². The molecule has 0 spiro atoms. The maximum Gasteiger partial charge on any atom is 0.336 e. The topological polar surface area (TPSA) is 266 Å². The Hall–Kier alpha value is -6.88. The second kappa shape index (κ2) is 20.5. The number of aromatic carboxylic acids is 1. The molecule has 344 valence electrons. The summed E-state index contributed by atoms with van der Waals surface area (Å²) in [6.45, 7) is 10.7. The van der Waals surface area contributed by atoms with Crippen LogP contribution >= 0.6 is 0 Å². The number of amides is 2. The number of carbonyl (C=O) groups is 3. The fourth-order valence-corrected chi connectivity index (χ4v) is 9.28. The van der Waals surface area contributed by atoms with E-state index in [-0.39, 0.29) is 46.5 Å². The minimum atomic E-state index is -5.38. The van der Waals surface area contributed by atoms with Crippen molar-refractivity contribution in [1.82, 2.24) is 10.2 Å². The predicted molar refractivity (Wildman–Crippen MR) is 247 cm³/mol. The van der Waals surface area contributed by atoms with E-state index in [0.29, 0.717) is 25.8 Å². The molecule has 2 aliphatic heterocycles. The fourth-order valence-electron chi connectivity index (χ4n) is 7.79. The summed E-state index contributed by atoms with van der Waals surface area (Å²) in [7, 11) is -10.5. The van der Waals surface area contributed by atoms with Gasteiger partial charge in [-0.15, -0.1) is 0 Å². The molecule has 66 heavy (non-hydrogen) atoms. The summed E-state index contributed by atoms with van der Waals surface area (Å²) in [6, 6.07) is 23.5. The van der Waals surface area contributed by atoms with E-state index in [2.05, 4.69) is 42.8 Å². The van der Waals surface area contributed by atoms with Crippen LogP contribution in [0.4, 0.5) is 11.4 Å². The molecular formula is C48H49N5O11S2. The van der Waals surface area contributed by atoms with Crippen molar-refractivity contribution in [2.24, 2.45) is 0 Å². The molecule has 0 atom stereocenters. The number of nitrogens with one attached hydrogen (secondary N) is 1. The molecule has 3 aliphatic rings. The molecule has 0 saturated carbocycles. The zero-order chi connectivity index (χ0) is 47.9. The Morgan fingerprint density at radius 3 is 2.15 bits per heavy atom. The average molecular weight is 936 g/mol. The molecule has 0 fully saturated rings. The lowest BCUT2D eigenvalue weighted by atomic mass is 9.89. The Balaban J connectivity index is 0.000000952. The van der Waals surface area contributed by atoms with Gasteiger partial charge in [-0.3, -0.25) is 19.6 Å². The van der Waals surface area contributed by atoms with Gasteiger partial charge in [0.15, 0.2) is 11.3 Å². The first-order chi connectivity index (χ1) is 31.4. The van der Waals surface area contributed by atoms with Gasteiger partial charge in [-0.2, -0.15) is 8.42 Å². The number of benzene rings is 5. The first-order valence-corrected chi connectivity index (χ1v) is 24.0. The summed E-state index contributed by atoms with van der Waals surface area (Å²) < 4.78 is 77.9. The molecule has 7 rings (SSSR count). The van der Waals surface area contributed by atoms with Crippen molar-refractivity contribution in [2.75, 3.05) is 36.8 Å². The average Bonchev–Trinajstić information content (AvgIpc) is 3.27. The highest BCUT2D eigenvalue weighted by molar-refractivity contribution is 7.86. The second-order valence-corrected chi connectivity index (χ2v) is 18.0. The number of nitrogens with zero attached hydrogens (tertiary/aromatic N) is 2. The van der Waals surface area contributed by atoms with E-state index in [1.54, 1.807) is 4.90 Å². The van der Waals surface area contributed by atoms with Gasteiger partial charge in [0.05, 0.1) is 23.5 Å². The summed E-state index contributed by atoms with van der Waals surface area (Å²) >= 11 is 0. The molecule has 2 heterocycles. The van der Waals surface area contributed by atoms with Crippen LogP contribution in [-0.2, 0) is 31.6 Å². The molecule has 18 heteroatoms. The van der Waals surface area contributed by atoms with E-state index >= 15 is 0 Å². The van der Waals surface area contributed by atoms with Crippen molar-refractivity contribution in [1.29, 1.82) is 0 Å². The van der Waals surface area contributed by atoms with E-state index in [1.165, 1.54) is 43.9 Å². The van der Waals surface area contributed by atoms with Crippen LogP contribution in [0, 0.1) is 11.8 Å². The number of unbranched alkanes of at least 4 members (excludes halogenated alkanes) is 2. The molecule has 0 aromatic heterocycles. The lowest BCUT2D eigenvalue weighted by molar-refractivity contribution is -0.176. The maximum absolute atomic E-state index is 13.5. The summed E-state index contributed by atoms with van der Waals surface area (Å²) in [5, 5.41) is 18.3. The summed E-state index contributed by atoms with van der Waals surface area (Å²) in [5.74, 6) is 3.50. The van der Waals surface area contributed by atoms with Gasteiger partial charge in [-0.05, 0) is 92.1 Å². The highest BCUT2D eigenvalue weighted by Crippen LogP contribution is 2.45. The highest BCUT2D eigenvalue weighted by atomic mass is 32.2. The minimum Gasteiger partial charge on any atom is -0.744 e. The monoisotopic (exact) mass is 935 g/mol. The number of rotatable bonds is 14. The minimum absolute atomic E-state index is 0.0513. The Kier molecular flexibility index (Phi) is 15.1. The molecule has 0 bridgehead atoms. The van der Waals surface area contributed by atoms with Crippen LogP contribution in [0.5, 0.6) is 0 Å². The lowest BCUT2D eigenvalue weighted by Gasteiger charge is -2.26. The van der Waals surface area contributed by atoms with Crippen molar-refractivity contribution >= 4 is 60.4 Å². The van der Waals surface area contributed by atoms with Crippen molar-refractivity contribution < 1.29 is 55.3 Å². The van der Waals surface area contributed by atoms with E-state index in [0.717, 1.165) is 40.6 Å². The van der Waals surface area contributed by atoms with Gasteiger partial charge < -0.3 is 34.9 Å². The zero-order valence-electron chi connectivity index (χ0n) is 36.5. The Morgan fingerprint density at radius 2 is 1.50 bits per heavy atom. The third-order valence-electron chi connectivity index (χ3n) is 11.2. The van der Waals surface area contributed by atoms with Gasteiger partial charge >= 0.3 is 16.1 Å². The highest BCUT2D eigenvalue weighted by Gasteiger charge is 2.32. The number of fused-ring (bicyclic) bond motifs is 4. The van der Waals surface area contributed by atoms with E-state index < -0.39 is 69.9 Å². The van der Waals surface area contributed by atoms with Crippen molar-refractivity contribution in [2.45, 2.75) is 62.8 Å². The number of nitrogen functional groups attached to an aromatic ring is 1. The second-order valence-electron chi connectivity index (χ2n) is 15.3. The molecule has 16 nitrogen and oxygen atoms in total. The van der Waals surface area contributed by atoms with Gasteiger partial charge in [-0.1, -0.05) is 75.4 Å². The zero-order valence-corrected chi connectivity index (χ0v) is 38.1. The number of nitrogens with two attached hydrogens (primary N) is 2. The van der Waals surface area contributed by atoms with E-state index in [1.807, 2.05) is 48.5 Å². The third-order valence-corrected chi connectivity index (χ3v) is 13.0. The molecule has 0 unspecified atom stereocenters. The number of anilines is 2. The predicted octanol–water partition coefficient (Wildman–Crippen LogP) is 4.88. The SMILES string of the molecule is CCN(CC)CC.Nc1ccc2c(-c3ccc(C(=O)NCCCCCC(=O)N4Cc5ccccc5C#Cc5ccccc54)cc3C(=O)O)c3ccc(=[NH2+])c(S(=O)(=O)O)c-3oc2c1S(=O)(=O)[O-]. The van der Waals surface area contributed by atoms with Crippen LogP contribution in [0.25, 0.3) is 33.4 Å². The van der Waals surface area contributed by atoms with Crippen LogP contribution in [0.2, 0.25) is 0 Å². The smallest absolute Gasteiger partial charge is 0.336 e. The van der Waals surface area contributed by atoms with Crippen LogP contribution < -0.4 is 26.7 Å². The molecule has 4 aromatic carbocycles. The number of hydrogen-bond acceptors (Lipinski definition) is 11. The van der Waals surface area contributed by atoms with Crippen molar-refractivity contribution in [3.05, 3.63) is 124 Å². The lowest BCUT2D eigenvalue weighted by Crippen LogP contribution is -2.47. The standard InChI is InChI=1S/C42H34N4O11S2.C6H15N/c43-32-19-17-29-36(30-18-20-33(44)40(59(54,55)56)38(30)57-37(29)39(32)58(51,52)53)28-16-15-26(22-31(28)42(49)50)41(48)45-21-7-1-2-12-35(47)46-23-27-10-4-3-8-24(27)13-14-25-9-5-6-11-34(25)46;1-4-7(5-2)6-3/h3-6,8-11,15-20,22,43H,1-2,7,12,21,23,44H2,(H,45,48)(H,49,50)(H,51,52,53)(H,54,55,56);4-6H2,1-3H3. The Labute approximate surface area is 382 Å². The van der Waals surface area contributed by atoms with E-state index in [4.69, 9.17) is 15.6 Å². The quantitative estimate of drug-likeness (QED) is 0.0321. The summed E-state index contributed by atoms with van der Waals surface area (Å²) in [4.78, 5) is 41.7. The molecule has 0 saturated heterocycles. The van der Waals surface area contributed by atoms with Gasteiger partial charge in [-0.25, -0.2) is 13.2 Å². The van der Waals surface area contributed by atoms with Gasteiger partial charge in [0, 0.05) is 52.2 Å². The first-order valence-electron chi connectivity index (χ1n) is 21.1. The number of para-hydroxylation sites is 1. The van der Waals surface area contributed by atoms with Crippen LogP contribution in [0.15, 0.2) is 105 Å². The Bertz CT molecular complexity index is 3170. The van der Waals surface area contributed by atoms with Crippen molar-refractivity contribution in [3.63, 3.8) is 0 Å². The number of carboxylic acid groups (broad SMARTS) is 1. The number of carboxylic acids is 1. The van der Waals surface area contributed by atoms with Crippen molar-refractivity contribution in [3.8, 4) is 34.3 Å². The number of hydrogen-bond donors (Lipinski definition) is 5. The van der Waals surface area contributed by atoms with Crippen LogP contribution in [-0.4, -0.2) is 79.9 Å². The van der Waals surface area contributed by atoms with Crippen LogP contribution in [0.3, 0.4) is 0 Å².